The molecule has 1 heterocycles. The smallest absolute Gasteiger partial charge is 0.237 e. The fourth-order valence-corrected chi connectivity index (χ4v) is 2.85. The minimum absolute atomic E-state index is 0.0757. The molecule has 116 valence electrons. The van der Waals surface area contributed by atoms with Crippen molar-refractivity contribution in [1.82, 2.24) is 15.5 Å². The van der Waals surface area contributed by atoms with Crippen molar-refractivity contribution in [2.45, 2.75) is 19.0 Å². The van der Waals surface area contributed by atoms with Gasteiger partial charge >= 0.3 is 0 Å². The van der Waals surface area contributed by atoms with E-state index in [0.717, 1.165) is 19.5 Å². The second-order valence-corrected chi connectivity index (χ2v) is 6.16. The molecule has 1 aliphatic heterocycles. The molecule has 1 aliphatic rings. The van der Waals surface area contributed by atoms with Crippen molar-refractivity contribution in [1.29, 1.82) is 0 Å². The predicted molar refractivity (Wildman–Crippen MR) is 81.7 cm³/mol. The number of nitrogens with zero attached hydrogens (tertiary/aromatic N) is 1. The summed E-state index contributed by atoms with van der Waals surface area (Å²) < 4.78 is 13.7. The molecule has 2 rings (SSSR count). The average molecular weight is 314 g/mol. The van der Waals surface area contributed by atoms with Crippen molar-refractivity contribution < 1.29 is 9.18 Å². The zero-order valence-electron chi connectivity index (χ0n) is 12.3. The van der Waals surface area contributed by atoms with Crippen molar-refractivity contribution in [2.75, 3.05) is 27.2 Å². The lowest BCUT2D eigenvalue weighted by atomic mass is 10.0. The summed E-state index contributed by atoms with van der Waals surface area (Å²) in [7, 11) is 4.05. The molecule has 1 saturated heterocycles. The van der Waals surface area contributed by atoms with E-state index in [4.69, 9.17) is 11.6 Å². The minimum Gasteiger partial charge on any atom is -0.351 e. The van der Waals surface area contributed by atoms with E-state index in [-0.39, 0.29) is 23.5 Å². The third-order valence-corrected chi connectivity index (χ3v) is 3.94. The Morgan fingerprint density at radius 2 is 2.29 bits per heavy atom. The summed E-state index contributed by atoms with van der Waals surface area (Å²) in [6, 6.07) is 4.59. The lowest BCUT2D eigenvalue weighted by Crippen LogP contribution is -2.40. The molecule has 0 spiro atoms. The van der Waals surface area contributed by atoms with Gasteiger partial charge in [-0.05, 0) is 39.0 Å². The van der Waals surface area contributed by atoms with Crippen LogP contribution >= 0.6 is 11.6 Å². The zero-order chi connectivity index (χ0) is 15.4. The van der Waals surface area contributed by atoms with Crippen LogP contribution in [0.25, 0.3) is 0 Å². The SMILES string of the molecule is CN(C)CC1CNC(C(=O)NCc2cccc(Cl)c2F)C1. The van der Waals surface area contributed by atoms with Gasteiger partial charge in [0, 0.05) is 18.7 Å². The molecule has 1 fully saturated rings. The van der Waals surface area contributed by atoms with Crippen LogP contribution in [0, 0.1) is 11.7 Å². The number of carbonyl (C=O) groups excluding carboxylic acids is 1. The molecule has 2 atom stereocenters. The Bertz CT molecular complexity index is 510. The summed E-state index contributed by atoms with van der Waals surface area (Å²) in [6.07, 6.45) is 0.808. The summed E-state index contributed by atoms with van der Waals surface area (Å²) in [4.78, 5) is 14.2. The minimum atomic E-state index is -0.468. The second-order valence-electron chi connectivity index (χ2n) is 5.76. The third-order valence-electron chi connectivity index (χ3n) is 3.65. The highest BCUT2D eigenvalue weighted by Crippen LogP contribution is 2.18. The number of amides is 1. The standard InChI is InChI=1S/C15H21ClFN3O/c1-20(2)9-10-6-13(18-7-10)15(21)19-8-11-4-3-5-12(16)14(11)17/h3-5,10,13,18H,6-9H2,1-2H3,(H,19,21). The van der Waals surface area contributed by atoms with Gasteiger partial charge in [0.1, 0.15) is 5.82 Å². The van der Waals surface area contributed by atoms with Gasteiger partial charge in [-0.2, -0.15) is 0 Å². The van der Waals surface area contributed by atoms with Crippen molar-refractivity contribution in [3.63, 3.8) is 0 Å². The highest BCUT2D eigenvalue weighted by Gasteiger charge is 2.29. The quantitative estimate of drug-likeness (QED) is 0.868. The molecule has 0 bridgehead atoms. The van der Waals surface area contributed by atoms with Crippen LogP contribution < -0.4 is 10.6 Å². The number of halogens is 2. The summed E-state index contributed by atoms with van der Waals surface area (Å²) in [6.45, 7) is 1.95. The fourth-order valence-electron chi connectivity index (χ4n) is 2.65. The van der Waals surface area contributed by atoms with Crippen LogP contribution in [0.3, 0.4) is 0 Å². The Morgan fingerprint density at radius 3 is 3.00 bits per heavy atom. The molecule has 2 unspecified atom stereocenters. The zero-order valence-corrected chi connectivity index (χ0v) is 13.1. The van der Waals surface area contributed by atoms with Gasteiger partial charge in [-0.15, -0.1) is 0 Å². The number of hydrogen-bond acceptors (Lipinski definition) is 3. The van der Waals surface area contributed by atoms with Gasteiger partial charge in [0.25, 0.3) is 0 Å². The first kappa shape index (κ1) is 16.2. The number of carbonyl (C=O) groups is 1. The normalized spacial score (nSPS) is 21.8. The van der Waals surface area contributed by atoms with Gasteiger partial charge in [-0.25, -0.2) is 4.39 Å². The first-order valence-electron chi connectivity index (χ1n) is 7.06. The maximum absolute atomic E-state index is 13.7. The summed E-state index contributed by atoms with van der Waals surface area (Å²) >= 11 is 5.72. The van der Waals surface area contributed by atoms with Crippen molar-refractivity contribution >= 4 is 17.5 Å². The monoisotopic (exact) mass is 313 g/mol. The maximum atomic E-state index is 13.7. The Hall–Kier alpha value is -1.17. The first-order chi connectivity index (χ1) is 9.97. The molecule has 0 aromatic heterocycles. The number of rotatable bonds is 5. The Morgan fingerprint density at radius 1 is 1.52 bits per heavy atom. The van der Waals surface area contributed by atoms with Crippen LogP contribution in [0.1, 0.15) is 12.0 Å². The molecular weight excluding hydrogens is 293 g/mol. The lowest BCUT2D eigenvalue weighted by molar-refractivity contribution is -0.123. The molecule has 0 saturated carbocycles. The van der Waals surface area contributed by atoms with E-state index in [2.05, 4.69) is 15.5 Å². The molecule has 4 nitrogen and oxygen atoms in total. The van der Waals surface area contributed by atoms with Gasteiger partial charge in [0.15, 0.2) is 0 Å². The molecule has 1 amide bonds. The number of benzene rings is 1. The molecule has 0 aliphatic carbocycles. The molecule has 0 radical (unpaired) electrons. The van der Waals surface area contributed by atoms with E-state index in [1.54, 1.807) is 12.1 Å². The Labute approximate surface area is 129 Å². The lowest BCUT2D eigenvalue weighted by Gasteiger charge is -2.15. The van der Waals surface area contributed by atoms with Gasteiger partial charge in [0.05, 0.1) is 11.1 Å². The fraction of sp³-hybridized carbons (Fsp3) is 0.533. The molecule has 1 aromatic carbocycles. The molecule has 6 heteroatoms. The van der Waals surface area contributed by atoms with Gasteiger partial charge in [-0.1, -0.05) is 23.7 Å². The van der Waals surface area contributed by atoms with Crippen LogP contribution in [0.5, 0.6) is 0 Å². The van der Waals surface area contributed by atoms with Crippen LogP contribution in [-0.2, 0) is 11.3 Å². The topological polar surface area (TPSA) is 44.4 Å². The largest absolute Gasteiger partial charge is 0.351 e. The summed E-state index contributed by atoms with van der Waals surface area (Å²) in [5, 5.41) is 6.06. The highest BCUT2D eigenvalue weighted by molar-refractivity contribution is 6.30. The van der Waals surface area contributed by atoms with Crippen LogP contribution in [0.15, 0.2) is 18.2 Å². The van der Waals surface area contributed by atoms with Crippen molar-refractivity contribution in [2.24, 2.45) is 5.92 Å². The molecule has 21 heavy (non-hydrogen) atoms. The van der Waals surface area contributed by atoms with Crippen LogP contribution in [0.2, 0.25) is 5.02 Å². The van der Waals surface area contributed by atoms with E-state index in [1.807, 2.05) is 14.1 Å². The van der Waals surface area contributed by atoms with E-state index < -0.39 is 5.82 Å². The van der Waals surface area contributed by atoms with Crippen LogP contribution in [-0.4, -0.2) is 44.0 Å². The number of hydrogen-bond donors (Lipinski definition) is 2. The van der Waals surface area contributed by atoms with E-state index in [0.29, 0.717) is 11.5 Å². The Kier molecular flexibility index (Phi) is 5.56. The van der Waals surface area contributed by atoms with Gasteiger partial charge in [-0.3, -0.25) is 4.79 Å². The second kappa shape index (κ2) is 7.20. The van der Waals surface area contributed by atoms with Gasteiger partial charge < -0.3 is 15.5 Å². The van der Waals surface area contributed by atoms with E-state index in [9.17, 15) is 9.18 Å². The molecule has 1 aromatic rings. The third kappa shape index (κ3) is 4.40. The van der Waals surface area contributed by atoms with E-state index >= 15 is 0 Å². The summed E-state index contributed by atoms with van der Waals surface area (Å²) in [5.41, 5.74) is 0.402. The molecular formula is C15H21ClFN3O. The maximum Gasteiger partial charge on any atom is 0.237 e. The van der Waals surface area contributed by atoms with Crippen molar-refractivity contribution in [3.05, 3.63) is 34.6 Å². The highest BCUT2D eigenvalue weighted by atomic mass is 35.5. The van der Waals surface area contributed by atoms with Crippen LogP contribution in [0.4, 0.5) is 4.39 Å². The van der Waals surface area contributed by atoms with Gasteiger partial charge in [0.2, 0.25) is 5.91 Å². The Balaban J connectivity index is 1.84. The molecule has 2 N–H and O–H groups in total. The predicted octanol–water partition coefficient (Wildman–Crippen LogP) is 1.64. The van der Waals surface area contributed by atoms with Crippen molar-refractivity contribution in [3.8, 4) is 0 Å². The first-order valence-corrected chi connectivity index (χ1v) is 7.44. The summed E-state index contributed by atoms with van der Waals surface area (Å²) in [5.74, 6) is -0.0846. The number of nitrogens with one attached hydrogen (secondary N) is 2. The van der Waals surface area contributed by atoms with E-state index in [1.165, 1.54) is 6.07 Å². The average Bonchev–Trinajstić information content (AvgIpc) is 2.88.